The molecule has 1 aliphatic carbocycles. The Morgan fingerprint density at radius 1 is 1.35 bits per heavy atom. The predicted octanol–water partition coefficient (Wildman–Crippen LogP) is 2.51. The third-order valence-corrected chi connectivity index (χ3v) is 5.73. The molecule has 6 heteroatoms. The Kier molecular flexibility index (Phi) is 4.34. The molecule has 1 saturated carbocycles. The average Bonchev–Trinajstić information content (AvgIpc) is 2.69. The lowest BCUT2D eigenvalue weighted by Gasteiger charge is -2.21. The van der Waals surface area contributed by atoms with E-state index < -0.39 is 15.8 Å². The molecule has 4 nitrogen and oxygen atoms in total. The van der Waals surface area contributed by atoms with E-state index in [-0.39, 0.29) is 16.6 Å². The quantitative estimate of drug-likeness (QED) is 0.839. The van der Waals surface area contributed by atoms with Crippen molar-refractivity contribution in [3.05, 3.63) is 24.0 Å². The molecule has 3 unspecified atom stereocenters. The summed E-state index contributed by atoms with van der Waals surface area (Å²) in [5.41, 5.74) is 5.61. The molecular formula is C14H21FN2O2S. The number of anilines is 1. The van der Waals surface area contributed by atoms with E-state index in [0.29, 0.717) is 11.8 Å². The maximum absolute atomic E-state index is 13.3. The lowest BCUT2D eigenvalue weighted by atomic mass is 9.94. The molecule has 0 aliphatic heterocycles. The Morgan fingerprint density at radius 2 is 2.05 bits per heavy atom. The van der Waals surface area contributed by atoms with Crippen molar-refractivity contribution in [3.63, 3.8) is 0 Å². The normalized spacial score (nSPS) is 26.9. The predicted molar refractivity (Wildman–Crippen MR) is 77.1 cm³/mol. The molecule has 20 heavy (non-hydrogen) atoms. The van der Waals surface area contributed by atoms with Gasteiger partial charge in [-0.1, -0.05) is 20.3 Å². The second-order valence-electron chi connectivity index (χ2n) is 5.55. The van der Waals surface area contributed by atoms with Crippen molar-refractivity contribution < 1.29 is 12.8 Å². The van der Waals surface area contributed by atoms with E-state index in [1.54, 1.807) is 0 Å². The van der Waals surface area contributed by atoms with Crippen LogP contribution in [0.25, 0.3) is 0 Å². The van der Waals surface area contributed by atoms with Crippen molar-refractivity contribution in [2.24, 2.45) is 11.8 Å². The summed E-state index contributed by atoms with van der Waals surface area (Å²) in [4.78, 5) is -0.109. The zero-order valence-corrected chi connectivity index (χ0v) is 12.6. The van der Waals surface area contributed by atoms with Gasteiger partial charge >= 0.3 is 0 Å². The number of nitrogens with two attached hydrogens (primary N) is 1. The maximum Gasteiger partial charge on any atom is 0.241 e. The van der Waals surface area contributed by atoms with Crippen molar-refractivity contribution in [1.82, 2.24) is 4.72 Å². The Balaban J connectivity index is 2.19. The van der Waals surface area contributed by atoms with Crippen LogP contribution in [0.3, 0.4) is 0 Å². The van der Waals surface area contributed by atoms with Crippen molar-refractivity contribution in [2.75, 3.05) is 5.73 Å². The van der Waals surface area contributed by atoms with Gasteiger partial charge in [-0.2, -0.15) is 0 Å². The Morgan fingerprint density at radius 3 is 2.60 bits per heavy atom. The number of sulfonamides is 1. The molecule has 3 atom stereocenters. The third-order valence-electron chi connectivity index (χ3n) is 4.26. The monoisotopic (exact) mass is 300 g/mol. The smallest absolute Gasteiger partial charge is 0.241 e. The molecule has 3 N–H and O–H groups in total. The van der Waals surface area contributed by atoms with E-state index in [2.05, 4.69) is 18.6 Å². The molecule has 2 rings (SSSR count). The highest BCUT2D eigenvalue weighted by Crippen LogP contribution is 2.34. The first-order valence-corrected chi connectivity index (χ1v) is 8.40. The Labute approximate surface area is 119 Å². The maximum atomic E-state index is 13.3. The van der Waals surface area contributed by atoms with Gasteiger partial charge in [0.15, 0.2) is 0 Å². The molecular weight excluding hydrogens is 279 g/mol. The first-order valence-electron chi connectivity index (χ1n) is 6.92. The first-order chi connectivity index (χ1) is 9.33. The first kappa shape index (κ1) is 15.3. The molecule has 112 valence electrons. The van der Waals surface area contributed by atoms with E-state index in [1.165, 1.54) is 6.07 Å². The Hall–Kier alpha value is -1.14. The van der Waals surface area contributed by atoms with Gasteiger partial charge < -0.3 is 5.73 Å². The molecule has 1 fully saturated rings. The summed E-state index contributed by atoms with van der Waals surface area (Å²) >= 11 is 0. The van der Waals surface area contributed by atoms with E-state index in [0.717, 1.165) is 31.4 Å². The van der Waals surface area contributed by atoms with Gasteiger partial charge in [0.05, 0.1) is 4.90 Å². The average molecular weight is 300 g/mol. The SMILES string of the molecule is CCC1CCC(NS(=O)(=O)c2cc(N)cc(F)c2)C1C. The standard InChI is InChI=1S/C14H21FN2O2S/c1-3-10-4-5-14(9(10)2)17-20(18,19)13-7-11(15)6-12(16)8-13/h6-10,14,17H,3-5,16H2,1-2H3. The molecule has 1 aromatic rings. The number of halogens is 1. The molecule has 0 heterocycles. The molecule has 1 aliphatic rings. The van der Waals surface area contributed by atoms with E-state index in [4.69, 9.17) is 5.73 Å². The molecule has 1 aromatic carbocycles. The zero-order valence-electron chi connectivity index (χ0n) is 11.8. The fraction of sp³-hybridized carbons (Fsp3) is 0.571. The van der Waals surface area contributed by atoms with Crippen LogP contribution in [0.2, 0.25) is 0 Å². The van der Waals surface area contributed by atoms with Gasteiger partial charge in [-0.15, -0.1) is 0 Å². The third kappa shape index (κ3) is 3.12. The van der Waals surface area contributed by atoms with E-state index in [1.807, 2.05) is 0 Å². The lowest BCUT2D eigenvalue weighted by Crippen LogP contribution is -2.37. The summed E-state index contributed by atoms with van der Waals surface area (Å²) in [5.74, 6) is 0.192. The summed E-state index contributed by atoms with van der Waals surface area (Å²) in [6.45, 7) is 4.18. The van der Waals surface area contributed by atoms with E-state index in [9.17, 15) is 12.8 Å². The summed E-state index contributed by atoms with van der Waals surface area (Å²) in [7, 11) is -3.72. The molecule has 0 radical (unpaired) electrons. The van der Waals surface area contributed by atoms with Crippen LogP contribution in [0.5, 0.6) is 0 Å². The molecule has 0 spiro atoms. The van der Waals surface area contributed by atoms with Gasteiger partial charge in [0.25, 0.3) is 0 Å². The molecule has 0 aromatic heterocycles. The number of benzene rings is 1. The van der Waals surface area contributed by atoms with Crippen molar-refractivity contribution in [3.8, 4) is 0 Å². The number of nitrogens with one attached hydrogen (secondary N) is 1. The van der Waals surface area contributed by atoms with E-state index >= 15 is 0 Å². The fourth-order valence-corrected chi connectivity index (χ4v) is 4.42. The van der Waals surface area contributed by atoms with Gasteiger partial charge in [0.2, 0.25) is 10.0 Å². The topological polar surface area (TPSA) is 72.2 Å². The number of hydrogen-bond donors (Lipinski definition) is 2. The van der Waals surface area contributed by atoms with Crippen molar-refractivity contribution in [1.29, 1.82) is 0 Å². The highest BCUT2D eigenvalue weighted by Gasteiger charge is 2.34. The highest BCUT2D eigenvalue weighted by molar-refractivity contribution is 7.89. The molecule has 0 bridgehead atoms. The fourth-order valence-electron chi connectivity index (χ4n) is 3.00. The second kappa shape index (κ2) is 5.69. The largest absolute Gasteiger partial charge is 0.399 e. The van der Waals surface area contributed by atoms with Crippen molar-refractivity contribution in [2.45, 2.75) is 44.0 Å². The number of hydrogen-bond acceptors (Lipinski definition) is 3. The summed E-state index contributed by atoms with van der Waals surface area (Å²) < 4.78 is 40.6. The molecule has 0 amide bonds. The van der Waals surface area contributed by atoms with Crippen LogP contribution in [0.15, 0.2) is 23.1 Å². The van der Waals surface area contributed by atoms with Gasteiger partial charge in [0, 0.05) is 11.7 Å². The van der Waals surface area contributed by atoms with Crippen LogP contribution in [0.1, 0.15) is 33.1 Å². The van der Waals surface area contributed by atoms with Crippen LogP contribution in [-0.4, -0.2) is 14.5 Å². The summed E-state index contributed by atoms with van der Waals surface area (Å²) in [6.07, 6.45) is 2.89. The minimum Gasteiger partial charge on any atom is -0.399 e. The minimum atomic E-state index is -3.72. The van der Waals surface area contributed by atoms with Crippen LogP contribution in [0, 0.1) is 17.7 Å². The zero-order chi connectivity index (χ0) is 14.9. The van der Waals surface area contributed by atoms with Gasteiger partial charge in [-0.3, -0.25) is 0 Å². The second-order valence-corrected chi connectivity index (χ2v) is 7.27. The highest BCUT2D eigenvalue weighted by atomic mass is 32.2. The van der Waals surface area contributed by atoms with Crippen LogP contribution >= 0.6 is 0 Å². The van der Waals surface area contributed by atoms with Crippen LogP contribution in [-0.2, 0) is 10.0 Å². The summed E-state index contributed by atoms with van der Waals surface area (Å²) in [5, 5.41) is 0. The minimum absolute atomic E-state index is 0.0885. The van der Waals surface area contributed by atoms with Gasteiger partial charge in [-0.05, 0) is 42.9 Å². The lowest BCUT2D eigenvalue weighted by molar-refractivity contribution is 0.368. The van der Waals surface area contributed by atoms with Crippen LogP contribution < -0.4 is 10.5 Å². The summed E-state index contributed by atoms with van der Waals surface area (Å²) in [6, 6.07) is 3.29. The number of rotatable bonds is 4. The Bertz CT molecular complexity index is 569. The van der Waals surface area contributed by atoms with Crippen molar-refractivity contribution >= 4 is 15.7 Å². The molecule has 0 saturated heterocycles. The number of nitrogen functional groups attached to an aromatic ring is 1. The van der Waals surface area contributed by atoms with Gasteiger partial charge in [0.1, 0.15) is 5.82 Å². The van der Waals surface area contributed by atoms with Gasteiger partial charge in [-0.25, -0.2) is 17.5 Å². The van der Waals surface area contributed by atoms with Crippen LogP contribution in [0.4, 0.5) is 10.1 Å².